The summed E-state index contributed by atoms with van der Waals surface area (Å²) in [6, 6.07) is 21.3. The molecule has 140 valence electrons. The first-order valence-electron chi connectivity index (χ1n) is 8.67. The van der Waals surface area contributed by atoms with Crippen LogP contribution in [-0.2, 0) is 11.8 Å². The third-order valence-corrected chi connectivity index (χ3v) is 5.58. The van der Waals surface area contributed by atoms with Gasteiger partial charge in [0.15, 0.2) is 11.0 Å². The molecule has 28 heavy (non-hydrogen) atoms. The number of hydrogen-bond donors (Lipinski definition) is 1. The van der Waals surface area contributed by atoms with Crippen LogP contribution in [0.3, 0.4) is 0 Å². The Morgan fingerprint density at radius 3 is 2.57 bits per heavy atom. The number of amides is 1. The molecule has 7 heteroatoms. The summed E-state index contributed by atoms with van der Waals surface area (Å²) in [4.78, 5) is 12.3. The fraction of sp³-hybridized carbons (Fsp3) is 0.0952. The van der Waals surface area contributed by atoms with Crippen LogP contribution in [0.1, 0.15) is 0 Å². The molecule has 0 radical (unpaired) electrons. The van der Waals surface area contributed by atoms with Crippen molar-refractivity contribution in [3.8, 4) is 11.4 Å². The molecule has 4 aromatic rings. The van der Waals surface area contributed by atoms with E-state index in [9.17, 15) is 4.79 Å². The number of rotatable bonds is 5. The molecule has 0 bridgehead atoms. The van der Waals surface area contributed by atoms with E-state index < -0.39 is 0 Å². The fourth-order valence-corrected chi connectivity index (χ4v) is 3.72. The lowest BCUT2D eigenvalue weighted by atomic mass is 10.1. The number of anilines is 1. The second-order valence-corrected chi connectivity index (χ2v) is 7.65. The molecule has 0 saturated carbocycles. The lowest BCUT2D eigenvalue weighted by Gasteiger charge is -2.07. The van der Waals surface area contributed by atoms with Gasteiger partial charge in [0.25, 0.3) is 0 Å². The number of fused-ring (bicyclic) bond motifs is 1. The van der Waals surface area contributed by atoms with E-state index in [-0.39, 0.29) is 11.7 Å². The first-order chi connectivity index (χ1) is 13.6. The normalized spacial score (nSPS) is 10.9. The summed E-state index contributed by atoms with van der Waals surface area (Å²) in [5.41, 5.74) is 1.70. The van der Waals surface area contributed by atoms with Crippen molar-refractivity contribution in [3.63, 3.8) is 0 Å². The van der Waals surface area contributed by atoms with Gasteiger partial charge in [0, 0.05) is 23.3 Å². The highest BCUT2D eigenvalue weighted by atomic mass is 35.5. The second-order valence-electron chi connectivity index (χ2n) is 6.27. The van der Waals surface area contributed by atoms with E-state index in [2.05, 4.69) is 15.5 Å². The van der Waals surface area contributed by atoms with E-state index in [0.29, 0.717) is 10.2 Å². The number of carbonyl (C=O) groups is 1. The van der Waals surface area contributed by atoms with Crippen LogP contribution in [0.15, 0.2) is 71.9 Å². The highest BCUT2D eigenvalue weighted by Gasteiger charge is 2.13. The van der Waals surface area contributed by atoms with Gasteiger partial charge in [0.2, 0.25) is 5.91 Å². The van der Waals surface area contributed by atoms with Gasteiger partial charge in [0.1, 0.15) is 0 Å². The van der Waals surface area contributed by atoms with Crippen LogP contribution in [0.25, 0.3) is 22.2 Å². The van der Waals surface area contributed by atoms with Crippen molar-refractivity contribution >= 4 is 45.7 Å². The first kappa shape index (κ1) is 18.5. The molecule has 0 atom stereocenters. The van der Waals surface area contributed by atoms with Gasteiger partial charge >= 0.3 is 0 Å². The van der Waals surface area contributed by atoms with Crippen LogP contribution in [0, 0.1) is 0 Å². The van der Waals surface area contributed by atoms with Crippen LogP contribution >= 0.6 is 23.4 Å². The van der Waals surface area contributed by atoms with Crippen molar-refractivity contribution in [1.29, 1.82) is 0 Å². The molecule has 3 aromatic carbocycles. The van der Waals surface area contributed by atoms with Gasteiger partial charge in [-0.3, -0.25) is 4.79 Å². The van der Waals surface area contributed by atoms with Crippen LogP contribution in [0.5, 0.6) is 0 Å². The maximum atomic E-state index is 12.3. The van der Waals surface area contributed by atoms with Crippen LogP contribution in [0.2, 0.25) is 5.02 Å². The molecule has 0 fully saturated rings. The molecule has 4 rings (SSSR count). The van der Waals surface area contributed by atoms with E-state index in [0.717, 1.165) is 27.8 Å². The summed E-state index contributed by atoms with van der Waals surface area (Å²) >= 11 is 7.28. The summed E-state index contributed by atoms with van der Waals surface area (Å²) in [5.74, 6) is 0.893. The molecular weight excluding hydrogens is 392 g/mol. The van der Waals surface area contributed by atoms with Crippen molar-refractivity contribution in [2.75, 3.05) is 11.1 Å². The largest absolute Gasteiger partial charge is 0.325 e. The SMILES string of the molecule is Cn1c(SCC(=O)Nc2ccc3ccccc3c2)nnc1-c1ccc(Cl)cc1. The number of nitrogens with zero attached hydrogens (tertiary/aromatic N) is 3. The summed E-state index contributed by atoms with van der Waals surface area (Å²) < 4.78 is 1.87. The molecule has 1 N–H and O–H groups in total. The van der Waals surface area contributed by atoms with Crippen molar-refractivity contribution < 1.29 is 4.79 Å². The van der Waals surface area contributed by atoms with Gasteiger partial charge in [-0.25, -0.2) is 0 Å². The number of halogens is 1. The Morgan fingerprint density at radius 2 is 1.79 bits per heavy atom. The zero-order chi connectivity index (χ0) is 19.5. The van der Waals surface area contributed by atoms with Crippen molar-refractivity contribution in [1.82, 2.24) is 14.8 Å². The molecule has 0 aliphatic carbocycles. The Hall–Kier alpha value is -2.83. The van der Waals surface area contributed by atoms with E-state index in [1.54, 1.807) is 0 Å². The third-order valence-electron chi connectivity index (χ3n) is 4.30. The zero-order valence-corrected chi connectivity index (χ0v) is 16.7. The number of aromatic nitrogens is 3. The highest BCUT2D eigenvalue weighted by Crippen LogP contribution is 2.24. The van der Waals surface area contributed by atoms with Crippen molar-refractivity contribution in [2.24, 2.45) is 7.05 Å². The zero-order valence-electron chi connectivity index (χ0n) is 15.1. The predicted octanol–water partition coefficient (Wildman–Crippen LogP) is 5.02. The van der Waals surface area contributed by atoms with Gasteiger partial charge in [-0.15, -0.1) is 10.2 Å². The molecule has 0 unspecified atom stereocenters. The quantitative estimate of drug-likeness (QED) is 0.471. The number of carbonyl (C=O) groups excluding carboxylic acids is 1. The Balaban J connectivity index is 1.41. The Labute approximate surface area is 171 Å². The molecule has 1 heterocycles. The maximum Gasteiger partial charge on any atom is 0.234 e. The lowest BCUT2D eigenvalue weighted by molar-refractivity contribution is -0.113. The van der Waals surface area contributed by atoms with E-state index >= 15 is 0 Å². The van der Waals surface area contributed by atoms with Crippen molar-refractivity contribution in [3.05, 3.63) is 71.8 Å². The predicted molar refractivity (Wildman–Crippen MR) is 115 cm³/mol. The van der Waals surface area contributed by atoms with Gasteiger partial charge < -0.3 is 9.88 Å². The summed E-state index contributed by atoms with van der Waals surface area (Å²) in [7, 11) is 1.88. The number of nitrogens with one attached hydrogen (secondary N) is 1. The molecule has 1 amide bonds. The summed E-state index contributed by atoms with van der Waals surface area (Å²) in [5, 5.41) is 14.9. The van der Waals surface area contributed by atoms with Crippen molar-refractivity contribution in [2.45, 2.75) is 5.16 Å². The second kappa shape index (κ2) is 8.04. The third kappa shape index (κ3) is 4.03. The average Bonchev–Trinajstić information content (AvgIpc) is 3.07. The number of benzene rings is 3. The maximum absolute atomic E-state index is 12.3. The Bertz CT molecular complexity index is 1140. The Morgan fingerprint density at radius 1 is 1.04 bits per heavy atom. The monoisotopic (exact) mass is 408 g/mol. The number of hydrogen-bond acceptors (Lipinski definition) is 4. The molecule has 1 aromatic heterocycles. The summed E-state index contributed by atoms with van der Waals surface area (Å²) in [6.07, 6.45) is 0. The van der Waals surface area contributed by atoms with Crippen LogP contribution in [-0.4, -0.2) is 26.4 Å². The minimum absolute atomic E-state index is 0.0867. The molecular formula is C21H17ClN4OS. The van der Waals surface area contributed by atoms with E-state index in [1.807, 2.05) is 78.3 Å². The van der Waals surface area contributed by atoms with Crippen LogP contribution in [0.4, 0.5) is 5.69 Å². The topological polar surface area (TPSA) is 59.8 Å². The van der Waals surface area contributed by atoms with Gasteiger partial charge in [-0.05, 0) is 47.2 Å². The average molecular weight is 409 g/mol. The molecule has 0 aliphatic heterocycles. The smallest absolute Gasteiger partial charge is 0.234 e. The minimum atomic E-state index is -0.0867. The Kier molecular flexibility index (Phi) is 5.32. The first-order valence-corrected chi connectivity index (χ1v) is 10.0. The standard InChI is InChI=1S/C21H17ClN4OS/c1-26-20(15-6-9-17(22)10-7-15)24-25-21(26)28-13-19(27)23-18-11-8-14-4-2-3-5-16(14)12-18/h2-12H,13H2,1H3,(H,23,27). The molecule has 5 nitrogen and oxygen atoms in total. The van der Waals surface area contributed by atoms with Crippen LogP contribution < -0.4 is 5.32 Å². The van der Waals surface area contributed by atoms with E-state index in [1.165, 1.54) is 11.8 Å². The fourth-order valence-electron chi connectivity index (χ4n) is 2.89. The molecule has 0 spiro atoms. The number of thioether (sulfide) groups is 1. The molecule has 0 saturated heterocycles. The van der Waals surface area contributed by atoms with E-state index in [4.69, 9.17) is 11.6 Å². The molecule has 0 aliphatic rings. The van der Waals surface area contributed by atoms with Gasteiger partial charge in [0.05, 0.1) is 5.75 Å². The minimum Gasteiger partial charge on any atom is -0.325 e. The van der Waals surface area contributed by atoms with Gasteiger partial charge in [-0.1, -0.05) is 53.7 Å². The van der Waals surface area contributed by atoms with Gasteiger partial charge in [-0.2, -0.15) is 0 Å². The summed E-state index contributed by atoms with van der Waals surface area (Å²) in [6.45, 7) is 0. The lowest BCUT2D eigenvalue weighted by Crippen LogP contribution is -2.14. The highest BCUT2D eigenvalue weighted by molar-refractivity contribution is 7.99.